The summed E-state index contributed by atoms with van der Waals surface area (Å²) in [5.74, 6) is -2.25. The van der Waals surface area contributed by atoms with E-state index >= 15 is 0 Å². The molecule has 1 N–H and O–H groups in total. The zero-order valence-corrected chi connectivity index (χ0v) is 8.84. The lowest BCUT2D eigenvalue weighted by molar-refractivity contribution is -0.135. The highest BCUT2D eigenvalue weighted by atomic mass is 16.6. The molecular weight excluding hydrogens is 208 g/mol. The van der Waals surface area contributed by atoms with E-state index in [0.29, 0.717) is 12.0 Å². The molecule has 0 saturated carbocycles. The highest BCUT2D eigenvalue weighted by Crippen LogP contribution is 2.07. The number of benzene rings is 1. The summed E-state index contributed by atoms with van der Waals surface area (Å²) >= 11 is 0. The van der Waals surface area contributed by atoms with Crippen LogP contribution in [0.3, 0.4) is 0 Å². The summed E-state index contributed by atoms with van der Waals surface area (Å²) in [6, 6.07) is 8.25. The minimum absolute atomic E-state index is 0.325. The fraction of sp³-hybridized carbons (Fsp3) is 0.167. The summed E-state index contributed by atoms with van der Waals surface area (Å²) in [5.41, 5.74) is 0.325. The first-order valence-electron chi connectivity index (χ1n) is 4.85. The number of rotatable bonds is 4. The maximum Gasteiger partial charge on any atom is 0.371 e. The van der Waals surface area contributed by atoms with Crippen LogP contribution in [0.4, 0.5) is 0 Å². The summed E-state index contributed by atoms with van der Waals surface area (Å²) in [6.45, 7) is 1.76. The SMILES string of the molecule is CCC=C(OC(=O)c1ccccc1)C(=O)O. The first-order valence-corrected chi connectivity index (χ1v) is 4.85. The second-order valence-corrected chi connectivity index (χ2v) is 3.04. The van der Waals surface area contributed by atoms with Gasteiger partial charge in [0.15, 0.2) is 0 Å². The Balaban J connectivity index is 2.78. The first kappa shape index (κ1) is 12.0. The van der Waals surface area contributed by atoms with Crippen molar-refractivity contribution in [1.82, 2.24) is 0 Å². The Bertz CT molecular complexity index is 406. The largest absolute Gasteiger partial charge is 0.475 e. The Morgan fingerprint density at radius 3 is 2.44 bits per heavy atom. The normalized spacial score (nSPS) is 10.9. The quantitative estimate of drug-likeness (QED) is 0.480. The monoisotopic (exact) mass is 220 g/mol. The topological polar surface area (TPSA) is 63.6 Å². The van der Waals surface area contributed by atoms with Gasteiger partial charge in [-0.05, 0) is 24.6 Å². The molecule has 0 aliphatic heterocycles. The molecule has 1 rings (SSSR count). The van der Waals surface area contributed by atoms with Crippen LogP contribution in [-0.4, -0.2) is 17.0 Å². The molecule has 0 fully saturated rings. The highest BCUT2D eigenvalue weighted by molar-refractivity contribution is 5.94. The van der Waals surface area contributed by atoms with E-state index < -0.39 is 11.9 Å². The molecule has 0 amide bonds. The molecular formula is C12H12O4. The molecule has 4 nitrogen and oxygen atoms in total. The minimum atomic E-state index is -1.24. The van der Waals surface area contributed by atoms with Crippen LogP contribution in [0.1, 0.15) is 23.7 Å². The average molecular weight is 220 g/mol. The predicted molar refractivity (Wildman–Crippen MR) is 57.9 cm³/mol. The van der Waals surface area contributed by atoms with Gasteiger partial charge in [0.1, 0.15) is 0 Å². The predicted octanol–water partition coefficient (Wildman–Crippen LogP) is 2.22. The molecule has 0 radical (unpaired) electrons. The smallest absolute Gasteiger partial charge is 0.371 e. The van der Waals surface area contributed by atoms with Crippen LogP contribution in [0, 0.1) is 0 Å². The van der Waals surface area contributed by atoms with Crippen molar-refractivity contribution in [2.75, 3.05) is 0 Å². The molecule has 1 aromatic carbocycles. The van der Waals surface area contributed by atoms with Crippen LogP contribution in [0.2, 0.25) is 0 Å². The molecule has 0 atom stereocenters. The van der Waals surface area contributed by atoms with Gasteiger partial charge in [-0.25, -0.2) is 9.59 Å². The highest BCUT2D eigenvalue weighted by Gasteiger charge is 2.14. The van der Waals surface area contributed by atoms with Crippen LogP contribution in [0.15, 0.2) is 42.2 Å². The van der Waals surface area contributed by atoms with Crippen molar-refractivity contribution in [1.29, 1.82) is 0 Å². The van der Waals surface area contributed by atoms with Gasteiger partial charge >= 0.3 is 11.9 Å². The Kier molecular flexibility index (Phi) is 4.27. The molecule has 0 spiro atoms. The van der Waals surface area contributed by atoms with E-state index in [1.807, 2.05) is 0 Å². The number of carboxylic acids is 1. The number of aliphatic carboxylic acids is 1. The van der Waals surface area contributed by atoms with E-state index in [1.165, 1.54) is 6.08 Å². The number of esters is 1. The van der Waals surface area contributed by atoms with E-state index in [1.54, 1.807) is 37.3 Å². The van der Waals surface area contributed by atoms with Crippen molar-refractivity contribution < 1.29 is 19.4 Å². The van der Waals surface area contributed by atoms with Crippen molar-refractivity contribution in [2.24, 2.45) is 0 Å². The zero-order valence-electron chi connectivity index (χ0n) is 8.84. The van der Waals surface area contributed by atoms with Crippen molar-refractivity contribution in [3.05, 3.63) is 47.7 Å². The van der Waals surface area contributed by atoms with Crippen molar-refractivity contribution in [3.8, 4) is 0 Å². The fourth-order valence-corrected chi connectivity index (χ4v) is 1.09. The number of hydrogen-bond donors (Lipinski definition) is 1. The van der Waals surface area contributed by atoms with Crippen LogP contribution < -0.4 is 0 Å². The van der Waals surface area contributed by atoms with Crippen molar-refractivity contribution in [2.45, 2.75) is 13.3 Å². The Labute approximate surface area is 93.2 Å². The summed E-state index contributed by atoms with van der Waals surface area (Å²) in [5, 5.41) is 8.75. The Morgan fingerprint density at radius 2 is 1.94 bits per heavy atom. The summed E-state index contributed by atoms with van der Waals surface area (Å²) < 4.78 is 4.76. The molecule has 0 saturated heterocycles. The van der Waals surface area contributed by atoms with Crippen LogP contribution in [-0.2, 0) is 9.53 Å². The summed E-state index contributed by atoms with van der Waals surface area (Å²) in [6.07, 6.45) is 1.84. The summed E-state index contributed by atoms with van der Waals surface area (Å²) in [4.78, 5) is 22.2. The van der Waals surface area contributed by atoms with E-state index in [0.717, 1.165) is 0 Å². The molecule has 0 heterocycles. The van der Waals surface area contributed by atoms with E-state index in [9.17, 15) is 9.59 Å². The van der Waals surface area contributed by atoms with E-state index in [-0.39, 0.29) is 5.76 Å². The van der Waals surface area contributed by atoms with Crippen LogP contribution >= 0.6 is 0 Å². The lowest BCUT2D eigenvalue weighted by Crippen LogP contribution is -2.11. The third-order valence-electron chi connectivity index (χ3n) is 1.81. The lowest BCUT2D eigenvalue weighted by atomic mass is 10.2. The van der Waals surface area contributed by atoms with E-state index in [4.69, 9.17) is 9.84 Å². The van der Waals surface area contributed by atoms with Crippen molar-refractivity contribution >= 4 is 11.9 Å². The molecule has 1 aromatic rings. The second-order valence-electron chi connectivity index (χ2n) is 3.04. The fourth-order valence-electron chi connectivity index (χ4n) is 1.09. The molecule has 16 heavy (non-hydrogen) atoms. The van der Waals surface area contributed by atoms with Crippen LogP contribution in [0.5, 0.6) is 0 Å². The third kappa shape index (κ3) is 3.24. The molecule has 84 valence electrons. The van der Waals surface area contributed by atoms with Gasteiger partial charge in [0.25, 0.3) is 0 Å². The molecule has 0 bridgehead atoms. The van der Waals surface area contributed by atoms with Crippen LogP contribution in [0.25, 0.3) is 0 Å². The molecule has 0 unspecified atom stereocenters. The minimum Gasteiger partial charge on any atom is -0.475 e. The second kappa shape index (κ2) is 5.70. The maximum absolute atomic E-state index is 11.5. The maximum atomic E-state index is 11.5. The molecule has 0 aliphatic carbocycles. The molecule has 0 aliphatic rings. The number of hydrogen-bond acceptors (Lipinski definition) is 3. The number of carboxylic acid groups (broad SMARTS) is 1. The van der Waals surface area contributed by atoms with Gasteiger partial charge in [0, 0.05) is 0 Å². The number of ether oxygens (including phenoxy) is 1. The lowest BCUT2D eigenvalue weighted by Gasteiger charge is -2.04. The number of carbonyl (C=O) groups excluding carboxylic acids is 1. The molecule has 4 heteroatoms. The van der Waals surface area contributed by atoms with Gasteiger partial charge in [0.2, 0.25) is 5.76 Å². The van der Waals surface area contributed by atoms with Gasteiger partial charge in [-0.2, -0.15) is 0 Å². The van der Waals surface area contributed by atoms with Gasteiger partial charge in [-0.15, -0.1) is 0 Å². The Hall–Kier alpha value is -2.10. The third-order valence-corrected chi connectivity index (χ3v) is 1.81. The number of allylic oxidation sites excluding steroid dienone is 1. The van der Waals surface area contributed by atoms with Gasteiger partial charge < -0.3 is 9.84 Å². The van der Waals surface area contributed by atoms with Gasteiger partial charge in [-0.3, -0.25) is 0 Å². The summed E-state index contributed by atoms with van der Waals surface area (Å²) in [7, 11) is 0. The number of carbonyl (C=O) groups is 2. The molecule has 0 aromatic heterocycles. The van der Waals surface area contributed by atoms with E-state index in [2.05, 4.69) is 0 Å². The standard InChI is InChI=1S/C12H12O4/c1-2-6-10(11(13)14)16-12(15)9-7-4-3-5-8-9/h3-8H,2H2,1H3,(H,13,14). The van der Waals surface area contributed by atoms with Gasteiger partial charge in [0.05, 0.1) is 5.56 Å². The zero-order chi connectivity index (χ0) is 12.0. The van der Waals surface area contributed by atoms with Gasteiger partial charge in [-0.1, -0.05) is 25.1 Å². The first-order chi connectivity index (χ1) is 7.65. The Morgan fingerprint density at radius 1 is 1.31 bits per heavy atom. The van der Waals surface area contributed by atoms with Crippen molar-refractivity contribution in [3.63, 3.8) is 0 Å². The average Bonchev–Trinajstić information content (AvgIpc) is 2.29.